The van der Waals surface area contributed by atoms with Gasteiger partial charge in [0.05, 0.1) is 5.52 Å². The van der Waals surface area contributed by atoms with Crippen molar-refractivity contribution in [1.82, 2.24) is 4.98 Å². The molecule has 0 N–H and O–H groups in total. The predicted molar refractivity (Wildman–Crippen MR) is 83.3 cm³/mol. The minimum atomic E-state index is 1.12. The Kier molecular flexibility index (Phi) is 1.64. The molecule has 0 saturated carbocycles. The highest BCUT2D eigenvalue weighted by Gasteiger charge is 2.14. The molecule has 5 aromatic rings. The Hall–Kier alpha value is -2.19. The molecule has 0 bridgehead atoms. The molecule has 0 unspecified atom stereocenters. The lowest BCUT2D eigenvalue weighted by Crippen LogP contribution is -1.83. The highest BCUT2D eigenvalue weighted by atomic mass is 32.1. The Labute approximate surface area is 113 Å². The van der Waals surface area contributed by atoms with E-state index in [4.69, 9.17) is 0 Å². The summed E-state index contributed by atoms with van der Waals surface area (Å²) in [6, 6.07) is 17.3. The van der Waals surface area contributed by atoms with Crippen LogP contribution in [0.1, 0.15) is 0 Å². The van der Waals surface area contributed by atoms with E-state index in [0.29, 0.717) is 0 Å². The zero-order valence-electron chi connectivity index (χ0n) is 10.1. The average molecular weight is 259 g/mol. The number of pyridine rings is 1. The molecule has 0 atom stereocenters. The fourth-order valence-electron chi connectivity index (χ4n) is 3.13. The molecule has 0 radical (unpaired) electrons. The van der Waals surface area contributed by atoms with Crippen LogP contribution >= 0.6 is 11.3 Å². The van der Waals surface area contributed by atoms with E-state index in [2.05, 4.69) is 47.4 Å². The molecule has 0 amide bonds. The first-order valence-corrected chi connectivity index (χ1v) is 7.15. The highest BCUT2D eigenvalue weighted by molar-refractivity contribution is 7.26. The molecule has 0 fully saturated rings. The summed E-state index contributed by atoms with van der Waals surface area (Å²) in [7, 11) is 0. The summed E-state index contributed by atoms with van der Waals surface area (Å²) in [5.74, 6) is 0. The van der Waals surface area contributed by atoms with Crippen LogP contribution in [0.2, 0.25) is 0 Å². The molecule has 0 aliphatic heterocycles. The van der Waals surface area contributed by atoms with Crippen molar-refractivity contribution in [1.29, 1.82) is 0 Å². The van der Waals surface area contributed by atoms with Crippen LogP contribution in [0.25, 0.3) is 41.8 Å². The van der Waals surface area contributed by atoms with E-state index in [1.54, 1.807) is 0 Å². The lowest BCUT2D eigenvalue weighted by Gasteiger charge is -2.07. The Morgan fingerprint density at radius 1 is 0.684 bits per heavy atom. The number of fused-ring (bicyclic) bond motifs is 3. The quantitative estimate of drug-likeness (QED) is 0.349. The predicted octanol–water partition coefficient (Wildman–Crippen LogP) is 5.19. The average Bonchev–Trinajstić information content (AvgIpc) is 2.86. The Morgan fingerprint density at radius 3 is 2.21 bits per heavy atom. The molecule has 2 heterocycles. The summed E-state index contributed by atoms with van der Waals surface area (Å²) in [5, 5.41) is 6.64. The SMILES string of the molecule is c1cnc2c(c1)c1cccc3sc4cccc2c4c31. The van der Waals surface area contributed by atoms with E-state index in [9.17, 15) is 0 Å². The van der Waals surface area contributed by atoms with Gasteiger partial charge in [0, 0.05) is 37.1 Å². The van der Waals surface area contributed by atoms with Crippen molar-refractivity contribution in [3.8, 4) is 0 Å². The molecule has 1 nitrogen and oxygen atoms in total. The molecular weight excluding hydrogens is 250 g/mol. The molecule has 19 heavy (non-hydrogen) atoms. The molecule has 2 aromatic heterocycles. The number of rotatable bonds is 0. The summed E-state index contributed by atoms with van der Waals surface area (Å²) < 4.78 is 2.73. The van der Waals surface area contributed by atoms with Gasteiger partial charge in [0.15, 0.2) is 0 Å². The minimum Gasteiger partial charge on any atom is -0.256 e. The standard InChI is InChI=1S/C17H9NS/c1-4-10-11-6-3-9-18-17(11)12-5-2-8-14-16(12)15(10)13(7-1)19-14/h1-9H. The Morgan fingerprint density at radius 2 is 1.37 bits per heavy atom. The fraction of sp³-hybridized carbons (Fsp3) is 0. The lowest BCUT2D eigenvalue weighted by atomic mass is 9.97. The third-order valence-electron chi connectivity index (χ3n) is 3.88. The highest BCUT2D eigenvalue weighted by Crippen LogP contribution is 2.43. The van der Waals surface area contributed by atoms with Crippen molar-refractivity contribution < 1.29 is 0 Å². The number of hydrogen-bond donors (Lipinski definition) is 0. The fourth-order valence-corrected chi connectivity index (χ4v) is 4.28. The van der Waals surface area contributed by atoms with Crippen LogP contribution in [0.5, 0.6) is 0 Å². The summed E-state index contributed by atoms with van der Waals surface area (Å²) in [6.45, 7) is 0. The van der Waals surface area contributed by atoms with Crippen LogP contribution in [-0.2, 0) is 0 Å². The number of nitrogens with zero attached hydrogens (tertiary/aromatic N) is 1. The van der Waals surface area contributed by atoms with Gasteiger partial charge < -0.3 is 0 Å². The first kappa shape index (κ1) is 9.70. The minimum absolute atomic E-state index is 1.12. The summed E-state index contributed by atoms with van der Waals surface area (Å²) in [5.41, 5.74) is 1.12. The van der Waals surface area contributed by atoms with Gasteiger partial charge in [-0.3, -0.25) is 4.98 Å². The molecule has 5 rings (SSSR count). The molecule has 88 valence electrons. The topological polar surface area (TPSA) is 12.9 Å². The Bertz CT molecular complexity index is 974. The summed E-state index contributed by atoms with van der Waals surface area (Å²) in [6.07, 6.45) is 1.88. The molecule has 0 aliphatic rings. The van der Waals surface area contributed by atoms with Crippen molar-refractivity contribution in [2.45, 2.75) is 0 Å². The van der Waals surface area contributed by atoms with E-state index >= 15 is 0 Å². The van der Waals surface area contributed by atoms with Gasteiger partial charge in [0.1, 0.15) is 0 Å². The third kappa shape index (κ3) is 1.08. The van der Waals surface area contributed by atoms with Crippen molar-refractivity contribution >= 4 is 53.2 Å². The van der Waals surface area contributed by atoms with E-state index in [1.807, 2.05) is 23.6 Å². The molecule has 2 heteroatoms. The van der Waals surface area contributed by atoms with Gasteiger partial charge in [-0.2, -0.15) is 0 Å². The summed E-state index contributed by atoms with van der Waals surface area (Å²) >= 11 is 1.87. The van der Waals surface area contributed by atoms with Crippen molar-refractivity contribution in [3.63, 3.8) is 0 Å². The van der Waals surface area contributed by atoms with Crippen LogP contribution in [0.15, 0.2) is 54.7 Å². The van der Waals surface area contributed by atoms with Crippen LogP contribution in [0, 0.1) is 0 Å². The van der Waals surface area contributed by atoms with Gasteiger partial charge in [-0.1, -0.05) is 30.3 Å². The zero-order chi connectivity index (χ0) is 12.4. The van der Waals surface area contributed by atoms with E-state index in [1.165, 1.54) is 36.3 Å². The zero-order valence-corrected chi connectivity index (χ0v) is 10.9. The van der Waals surface area contributed by atoms with Gasteiger partial charge in [0.2, 0.25) is 0 Å². The molecule has 0 saturated heterocycles. The van der Waals surface area contributed by atoms with Gasteiger partial charge in [-0.15, -0.1) is 11.3 Å². The normalized spacial score (nSPS) is 12.2. The monoisotopic (exact) mass is 259 g/mol. The maximum Gasteiger partial charge on any atom is 0.0787 e. The maximum absolute atomic E-state index is 4.61. The summed E-state index contributed by atoms with van der Waals surface area (Å²) in [4.78, 5) is 4.61. The van der Waals surface area contributed by atoms with Crippen molar-refractivity contribution in [2.75, 3.05) is 0 Å². The second-order valence-electron chi connectivity index (χ2n) is 4.86. The molecule has 0 aliphatic carbocycles. The van der Waals surface area contributed by atoms with Gasteiger partial charge in [-0.05, 0) is 23.6 Å². The third-order valence-corrected chi connectivity index (χ3v) is 5.00. The van der Waals surface area contributed by atoms with E-state index < -0.39 is 0 Å². The first-order valence-electron chi connectivity index (χ1n) is 6.33. The van der Waals surface area contributed by atoms with E-state index in [-0.39, 0.29) is 0 Å². The van der Waals surface area contributed by atoms with Gasteiger partial charge in [0.25, 0.3) is 0 Å². The van der Waals surface area contributed by atoms with E-state index in [0.717, 1.165) is 5.52 Å². The van der Waals surface area contributed by atoms with Crippen molar-refractivity contribution in [3.05, 3.63) is 54.7 Å². The van der Waals surface area contributed by atoms with Crippen LogP contribution < -0.4 is 0 Å². The number of thiophene rings is 1. The van der Waals surface area contributed by atoms with Crippen LogP contribution in [0.4, 0.5) is 0 Å². The van der Waals surface area contributed by atoms with Gasteiger partial charge in [-0.25, -0.2) is 0 Å². The lowest BCUT2D eigenvalue weighted by molar-refractivity contribution is 1.43. The second kappa shape index (κ2) is 3.22. The molecule has 3 aromatic carbocycles. The molecule has 0 spiro atoms. The smallest absolute Gasteiger partial charge is 0.0787 e. The number of benzene rings is 3. The van der Waals surface area contributed by atoms with Crippen molar-refractivity contribution in [2.24, 2.45) is 0 Å². The van der Waals surface area contributed by atoms with Gasteiger partial charge >= 0.3 is 0 Å². The first-order chi connectivity index (χ1) is 9.43. The van der Waals surface area contributed by atoms with Crippen LogP contribution in [-0.4, -0.2) is 4.98 Å². The number of aromatic nitrogens is 1. The number of hydrogen-bond acceptors (Lipinski definition) is 2. The second-order valence-corrected chi connectivity index (χ2v) is 5.94. The molecular formula is C17H9NS. The Balaban J connectivity index is 2.34. The maximum atomic E-state index is 4.61. The largest absolute Gasteiger partial charge is 0.256 e. The van der Waals surface area contributed by atoms with Crippen LogP contribution in [0.3, 0.4) is 0 Å².